The second-order valence-corrected chi connectivity index (χ2v) is 11.1. The average molecular weight is 454 g/mol. The van der Waals surface area contributed by atoms with Crippen molar-refractivity contribution in [3.05, 3.63) is 24.3 Å². The van der Waals surface area contributed by atoms with Gasteiger partial charge in [0.25, 0.3) is 10.2 Å². The monoisotopic (exact) mass is 453 g/mol. The molecule has 172 valence electrons. The van der Waals surface area contributed by atoms with Crippen molar-refractivity contribution in [2.45, 2.75) is 68.7 Å². The maximum Gasteiger partial charge on any atom is 0.407 e. The molecule has 0 aromatic carbocycles. The number of carbonyl (C=O) groups is 1. The summed E-state index contributed by atoms with van der Waals surface area (Å²) in [5.41, 5.74) is 0.0694. The van der Waals surface area contributed by atoms with E-state index in [0.29, 0.717) is 12.3 Å². The Balaban J connectivity index is 1.39. The van der Waals surface area contributed by atoms with Crippen LogP contribution < -0.4 is 4.72 Å². The maximum absolute atomic E-state index is 12.3. The summed E-state index contributed by atoms with van der Waals surface area (Å²) < 4.78 is 34.6. The predicted molar refractivity (Wildman–Crippen MR) is 113 cm³/mol. The van der Waals surface area contributed by atoms with Gasteiger partial charge in [0.15, 0.2) is 0 Å². The van der Waals surface area contributed by atoms with E-state index in [1.54, 1.807) is 19.3 Å². The Morgan fingerprint density at radius 3 is 2.68 bits per heavy atom. The van der Waals surface area contributed by atoms with Crippen LogP contribution in [-0.2, 0) is 20.4 Å². The molecule has 2 saturated carbocycles. The SMILES string of the molecule is C[C@@H]1C[C@H](NS(=O)(=O)N(C)C)[C@H](COC2CCC3(c4ncccn4)CC3C2)N1C(=O)O. The lowest BCUT2D eigenvalue weighted by Crippen LogP contribution is -2.52. The van der Waals surface area contributed by atoms with Crippen LogP contribution in [-0.4, -0.2) is 83.7 Å². The Morgan fingerprint density at radius 1 is 1.35 bits per heavy atom. The molecule has 1 aliphatic heterocycles. The highest BCUT2D eigenvalue weighted by molar-refractivity contribution is 7.87. The predicted octanol–water partition coefficient (Wildman–Crippen LogP) is 1.21. The zero-order valence-corrected chi connectivity index (χ0v) is 19.0. The zero-order chi connectivity index (χ0) is 22.4. The molecule has 0 spiro atoms. The van der Waals surface area contributed by atoms with Crippen molar-refractivity contribution in [1.29, 1.82) is 0 Å². The van der Waals surface area contributed by atoms with Crippen LogP contribution in [0.1, 0.15) is 44.9 Å². The molecule has 10 nitrogen and oxygen atoms in total. The van der Waals surface area contributed by atoms with Gasteiger partial charge in [-0.3, -0.25) is 4.90 Å². The van der Waals surface area contributed by atoms with E-state index in [1.807, 2.05) is 6.07 Å². The summed E-state index contributed by atoms with van der Waals surface area (Å²) in [7, 11) is -0.785. The number of fused-ring (bicyclic) bond motifs is 1. The highest BCUT2D eigenvalue weighted by Gasteiger charge is 2.60. The van der Waals surface area contributed by atoms with Gasteiger partial charge in [-0.05, 0) is 51.0 Å². The molecule has 2 heterocycles. The average Bonchev–Trinajstić information content (AvgIpc) is 3.37. The summed E-state index contributed by atoms with van der Waals surface area (Å²) in [6, 6.07) is 0.438. The number of nitrogens with one attached hydrogen (secondary N) is 1. The quantitative estimate of drug-likeness (QED) is 0.636. The molecular formula is C20H31N5O5S. The van der Waals surface area contributed by atoms with E-state index in [1.165, 1.54) is 19.0 Å². The van der Waals surface area contributed by atoms with Crippen molar-refractivity contribution in [3.8, 4) is 0 Å². The number of hydrogen-bond acceptors (Lipinski definition) is 6. The van der Waals surface area contributed by atoms with E-state index in [2.05, 4.69) is 14.7 Å². The van der Waals surface area contributed by atoms with Gasteiger partial charge in [0.1, 0.15) is 5.82 Å². The Labute approximate surface area is 183 Å². The fourth-order valence-corrected chi connectivity index (χ4v) is 6.13. The largest absolute Gasteiger partial charge is 0.465 e. The first-order valence-electron chi connectivity index (χ1n) is 10.7. The maximum atomic E-state index is 12.3. The minimum absolute atomic E-state index is 0.0296. The van der Waals surface area contributed by atoms with E-state index in [4.69, 9.17) is 4.74 Å². The molecular weight excluding hydrogens is 422 g/mol. The summed E-state index contributed by atoms with van der Waals surface area (Å²) in [6.07, 6.45) is 6.71. The molecule has 1 aromatic heterocycles. The van der Waals surface area contributed by atoms with Gasteiger partial charge >= 0.3 is 6.09 Å². The minimum atomic E-state index is -3.68. The van der Waals surface area contributed by atoms with Gasteiger partial charge in [-0.1, -0.05) is 0 Å². The lowest BCUT2D eigenvalue weighted by Gasteiger charge is -2.32. The number of amides is 1. The highest BCUT2D eigenvalue weighted by atomic mass is 32.2. The van der Waals surface area contributed by atoms with E-state index >= 15 is 0 Å². The van der Waals surface area contributed by atoms with Gasteiger partial charge in [0.05, 0.1) is 18.8 Å². The molecule has 11 heteroatoms. The lowest BCUT2D eigenvalue weighted by molar-refractivity contribution is -0.00880. The highest BCUT2D eigenvalue weighted by Crippen LogP contribution is 2.61. The van der Waals surface area contributed by atoms with Crippen molar-refractivity contribution in [3.63, 3.8) is 0 Å². The van der Waals surface area contributed by atoms with Crippen molar-refractivity contribution in [2.24, 2.45) is 5.92 Å². The standard InChI is InChI=1S/C20H31N5O5S/c1-13-9-16(23-31(28,29)24(2)3)17(25(13)19(26)27)12-30-15-5-6-20(11-14(20)10-15)18-21-7-4-8-22-18/h4,7-8,13-17,23H,5-6,9-12H2,1-3H3,(H,26,27)/t13-,14?,15?,16+,17+,20?/m1/s1. The Hall–Kier alpha value is -1.82. The van der Waals surface area contributed by atoms with Crippen molar-refractivity contribution in [2.75, 3.05) is 20.7 Å². The second-order valence-electron chi connectivity index (χ2n) is 9.21. The van der Waals surface area contributed by atoms with Crippen LogP contribution in [0.4, 0.5) is 4.79 Å². The molecule has 3 fully saturated rings. The van der Waals surface area contributed by atoms with Crippen LogP contribution in [0.25, 0.3) is 0 Å². The number of carboxylic acid groups (broad SMARTS) is 1. The van der Waals surface area contributed by atoms with Crippen molar-refractivity contribution < 1.29 is 23.1 Å². The molecule has 31 heavy (non-hydrogen) atoms. The number of aromatic nitrogens is 2. The number of ether oxygens (including phenoxy) is 1. The smallest absolute Gasteiger partial charge is 0.407 e. The third kappa shape index (κ3) is 4.28. The van der Waals surface area contributed by atoms with Crippen LogP contribution in [0.5, 0.6) is 0 Å². The molecule has 0 radical (unpaired) electrons. The van der Waals surface area contributed by atoms with E-state index < -0.39 is 28.4 Å². The molecule has 2 aliphatic carbocycles. The van der Waals surface area contributed by atoms with Crippen molar-refractivity contribution >= 4 is 16.3 Å². The Bertz CT molecular complexity index is 914. The molecule has 6 atom stereocenters. The Kier molecular flexibility index (Phi) is 5.97. The van der Waals surface area contributed by atoms with Crippen LogP contribution in [0.2, 0.25) is 0 Å². The van der Waals surface area contributed by atoms with Crippen molar-refractivity contribution in [1.82, 2.24) is 23.9 Å². The van der Waals surface area contributed by atoms with Gasteiger partial charge in [-0.2, -0.15) is 17.4 Å². The lowest BCUT2D eigenvalue weighted by atomic mass is 9.86. The van der Waals surface area contributed by atoms with Crippen LogP contribution in [0.3, 0.4) is 0 Å². The van der Waals surface area contributed by atoms with Gasteiger partial charge in [-0.25, -0.2) is 14.8 Å². The summed E-state index contributed by atoms with van der Waals surface area (Å²) in [5, 5.41) is 9.69. The molecule has 0 bridgehead atoms. The van der Waals surface area contributed by atoms with Gasteiger partial charge < -0.3 is 9.84 Å². The number of nitrogens with zero attached hydrogens (tertiary/aromatic N) is 4. The van der Waals surface area contributed by atoms with E-state index in [0.717, 1.165) is 35.8 Å². The molecule has 1 saturated heterocycles. The summed E-state index contributed by atoms with van der Waals surface area (Å²) in [4.78, 5) is 22.1. The second kappa shape index (κ2) is 8.27. The fraction of sp³-hybridized carbons (Fsp3) is 0.750. The summed E-state index contributed by atoms with van der Waals surface area (Å²) in [5.74, 6) is 1.40. The van der Waals surface area contributed by atoms with Gasteiger partial charge in [0, 0.05) is 44.0 Å². The number of likely N-dealkylation sites (tertiary alicyclic amines) is 1. The first-order chi connectivity index (χ1) is 14.6. The molecule has 1 aromatic rings. The first-order valence-corrected chi connectivity index (χ1v) is 12.2. The van der Waals surface area contributed by atoms with Gasteiger partial charge in [0.2, 0.25) is 0 Å². The third-order valence-electron chi connectivity index (χ3n) is 7.10. The van der Waals surface area contributed by atoms with Crippen LogP contribution in [0, 0.1) is 5.92 Å². The fourth-order valence-electron chi connectivity index (χ4n) is 5.29. The van der Waals surface area contributed by atoms with E-state index in [9.17, 15) is 18.3 Å². The molecule has 3 unspecified atom stereocenters. The van der Waals surface area contributed by atoms with Gasteiger partial charge in [-0.15, -0.1) is 0 Å². The van der Waals surface area contributed by atoms with Crippen LogP contribution >= 0.6 is 0 Å². The van der Waals surface area contributed by atoms with Crippen LogP contribution in [0.15, 0.2) is 18.5 Å². The molecule has 2 N–H and O–H groups in total. The number of hydrogen-bond donors (Lipinski definition) is 2. The minimum Gasteiger partial charge on any atom is -0.465 e. The first kappa shape index (κ1) is 22.4. The van der Waals surface area contributed by atoms with E-state index in [-0.39, 0.29) is 24.2 Å². The normalized spacial score (nSPS) is 35.2. The topological polar surface area (TPSA) is 125 Å². The molecule has 3 aliphatic rings. The number of rotatable bonds is 7. The third-order valence-corrected chi connectivity index (χ3v) is 8.66. The summed E-state index contributed by atoms with van der Waals surface area (Å²) in [6.45, 7) is 1.97. The zero-order valence-electron chi connectivity index (χ0n) is 18.1. The Morgan fingerprint density at radius 2 is 2.06 bits per heavy atom. The summed E-state index contributed by atoms with van der Waals surface area (Å²) >= 11 is 0. The molecule has 4 rings (SSSR count). The molecule has 1 amide bonds.